The number of para-hydroxylation sites is 1. The first kappa shape index (κ1) is 14.3. The van der Waals surface area contributed by atoms with Gasteiger partial charge in [0.15, 0.2) is 5.75 Å². The Morgan fingerprint density at radius 1 is 1.25 bits per heavy atom. The number of nitrogens with one attached hydrogen (secondary N) is 1. The maximum atomic E-state index is 12.7. The highest BCUT2D eigenvalue weighted by molar-refractivity contribution is 5.95. The molecule has 0 spiro atoms. The minimum absolute atomic E-state index is 0.0259. The van der Waals surface area contributed by atoms with E-state index in [0.29, 0.717) is 0 Å². The predicted molar refractivity (Wildman–Crippen MR) is 61.2 cm³/mol. The largest absolute Gasteiger partial charge is 0.573 e. The summed E-state index contributed by atoms with van der Waals surface area (Å²) >= 11 is 0. The maximum Gasteiger partial charge on any atom is 0.573 e. The highest BCUT2D eigenvalue weighted by Crippen LogP contribution is 2.34. The molecule has 3 N–H and O–H groups in total. The van der Waals surface area contributed by atoms with Crippen molar-refractivity contribution >= 4 is 16.6 Å². The molecule has 2 aromatic rings. The van der Waals surface area contributed by atoms with Crippen LogP contribution in [0.3, 0.4) is 0 Å². The number of hydrazine groups is 1. The summed E-state index contributed by atoms with van der Waals surface area (Å²) in [6.45, 7) is 0. The first-order valence-corrected chi connectivity index (χ1v) is 5.26. The molecule has 1 aromatic heterocycles. The molecular weight excluding hydrogens is 285 g/mol. The van der Waals surface area contributed by atoms with Gasteiger partial charge in [-0.2, -0.15) is 0 Å². The lowest BCUT2D eigenvalue weighted by atomic mass is 10.1. The normalized spacial score (nSPS) is 11.9. The smallest absolute Gasteiger partial charge is 0.403 e. The molecule has 0 unspecified atom stereocenters. The summed E-state index contributed by atoms with van der Waals surface area (Å²) in [6, 6.07) is 4.60. The minimum Gasteiger partial charge on any atom is -0.403 e. The second-order valence-electron chi connectivity index (χ2n) is 3.74. The van der Waals surface area contributed by atoms with Gasteiger partial charge < -0.3 is 10.2 Å². The second kappa shape index (κ2) is 5.08. The standard InChI is InChI=1S/C11H8F5N3O/c12-10(13)7-4-6(19-17)5-2-1-3-8(9(5)18-7)20-11(14,15)16/h1-4,10H,17H2,(H,18,19). The molecule has 0 saturated carbocycles. The van der Waals surface area contributed by atoms with Crippen molar-refractivity contribution in [3.05, 3.63) is 30.0 Å². The molecule has 20 heavy (non-hydrogen) atoms. The fourth-order valence-electron chi connectivity index (χ4n) is 1.68. The molecule has 0 bridgehead atoms. The van der Waals surface area contributed by atoms with Crippen molar-refractivity contribution in [2.75, 3.05) is 5.43 Å². The number of halogens is 5. The van der Waals surface area contributed by atoms with Crippen LogP contribution >= 0.6 is 0 Å². The summed E-state index contributed by atoms with van der Waals surface area (Å²) in [5.74, 6) is 4.50. The van der Waals surface area contributed by atoms with E-state index in [-0.39, 0.29) is 16.6 Å². The molecule has 0 radical (unpaired) electrons. The van der Waals surface area contributed by atoms with Gasteiger partial charge in [0.25, 0.3) is 6.43 Å². The lowest BCUT2D eigenvalue weighted by Crippen LogP contribution is -2.17. The number of rotatable bonds is 3. The number of hydrogen-bond acceptors (Lipinski definition) is 4. The van der Waals surface area contributed by atoms with Crippen LogP contribution < -0.4 is 16.0 Å². The third kappa shape index (κ3) is 2.87. The van der Waals surface area contributed by atoms with Crippen LogP contribution in [0.4, 0.5) is 27.6 Å². The highest BCUT2D eigenvalue weighted by Gasteiger charge is 2.32. The third-order valence-corrected chi connectivity index (χ3v) is 2.43. The van der Waals surface area contributed by atoms with Crippen molar-refractivity contribution in [3.63, 3.8) is 0 Å². The Labute approximate surface area is 109 Å². The number of alkyl halides is 5. The average molecular weight is 293 g/mol. The van der Waals surface area contributed by atoms with Crippen LogP contribution in [0.2, 0.25) is 0 Å². The van der Waals surface area contributed by atoms with Gasteiger partial charge in [-0.3, -0.25) is 5.84 Å². The quantitative estimate of drug-likeness (QED) is 0.517. The van der Waals surface area contributed by atoms with Crippen LogP contribution in [0.5, 0.6) is 5.75 Å². The van der Waals surface area contributed by atoms with E-state index < -0.39 is 24.2 Å². The van der Waals surface area contributed by atoms with E-state index in [1.54, 1.807) is 0 Å². The topological polar surface area (TPSA) is 60.2 Å². The van der Waals surface area contributed by atoms with E-state index in [2.05, 4.69) is 15.1 Å². The fraction of sp³-hybridized carbons (Fsp3) is 0.182. The van der Waals surface area contributed by atoms with Gasteiger partial charge in [-0.1, -0.05) is 12.1 Å². The average Bonchev–Trinajstić information content (AvgIpc) is 2.36. The van der Waals surface area contributed by atoms with Gasteiger partial charge in [0.2, 0.25) is 0 Å². The predicted octanol–water partition coefficient (Wildman–Crippen LogP) is 3.36. The molecular formula is C11H8F5N3O. The van der Waals surface area contributed by atoms with Gasteiger partial charge in [0.05, 0.1) is 5.69 Å². The number of nitrogens with two attached hydrogens (primary N) is 1. The van der Waals surface area contributed by atoms with Gasteiger partial charge in [-0.25, -0.2) is 13.8 Å². The number of nitrogens with zero attached hydrogens (tertiary/aromatic N) is 1. The van der Waals surface area contributed by atoms with Gasteiger partial charge in [0, 0.05) is 5.39 Å². The van der Waals surface area contributed by atoms with Crippen LogP contribution in [0, 0.1) is 0 Å². The van der Waals surface area contributed by atoms with Gasteiger partial charge in [-0.05, 0) is 12.1 Å². The second-order valence-corrected chi connectivity index (χ2v) is 3.74. The first-order valence-electron chi connectivity index (χ1n) is 5.26. The lowest BCUT2D eigenvalue weighted by Gasteiger charge is -2.13. The van der Waals surface area contributed by atoms with Crippen molar-refractivity contribution in [3.8, 4) is 5.75 Å². The maximum absolute atomic E-state index is 12.7. The molecule has 108 valence electrons. The van der Waals surface area contributed by atoms with Crippen molar-refractivity contribution in [2.24, 2.45) is 5.84 Å². The molecule has 4 nitrogen and oxygen atoms in total. The van der Waals surface area contributed by atoms with Crippen LogP contribution in [-0.2, 0) is 0 Å². The Balaban J connectivity index is 2.68. The van der Waals surface area contributed by atoms with E-state index in [0.717, 1.165) is 12.1 Å². The molecule has 2 rings (SSSR count). The number of benzene rings is 1. The summed E-state index contributed by atoms with van der Waals surface area (Å²) < 4.78 is 66.0. The van der Waals surface area contributed by atoms with Crippen molar-refractivity contribution in [1.82, 2.24) is 4.98 Å². The molecule has 0 amide bonds. The molecule has 1 heterocycles. The van der Waals surface area contributed by atoms with Crippen LogP contribution in [0.1, 0.15) is 12.1 Å². The van der Waals surface area contributed by atoms with Crippen molar-refractivity contribution in [1.29, 1.82) is 0 Å². The van der Waals surface area contributed by atoms with Gasteiger partial charge in [0.1, 0.15) is 11.2 Å². The van der Waals surface area contributed by atoms with Crippen molar-refractivity contribution in [2.45, 2.75) is 12.8 Å². The SMILES string of the molecule is NNc1cc(C(F)F)nc2c(OC(F)(F)F)cccc12. The van der Waals surface area contributed by atoms with E-state index in [4.69, 9.17) is 5.84 Å². The van der Waals surface area contributed by atoms with Crippen LogP contribution in [-0.4, -0.2) is 11.3 Å². The molecule has 0 atom stereocenters. The van der Waals surface area contributed by atoms with Gasteiger partial charge in [-0.15, -0.1) is 13.2 Å². The number of fused-ring (bicyclic) bond motifs is 1. The first-order chi connectivity index (χ1) is 9.31. The van der Waals surface area contributed by atoms with Crippen LogP contribution in [0.25, 0.3) is 10.9 Å². The number of anilines is 1. The summed E-state index contributed by atoms with van der Waals surface area (Å²) in [6.07, 6.45) is -7.90. The zero-order chi connectivity index (χ0) is 14.9. The molecule has 1 aromatic carbocycles. The molecule has 9 heteroatoms. The molecule has 0 aliphatic carbocycles. The number of pyridine rings is 1. The van der Waals surface area contributed by atoms with E-state index >= 15 is 0 Å². The van der Waals surface area contributed by atoms with Crippen LogP contribution in [0.15, 0.2) is 24.3 Å². The summed E-state index contributed by atoms with van der Waals surface area (Å²) in [4.78, 5) is 3.50. The number of aromatic nitrogens is 1. The Morgan fingerprint density at radius 3 is 2.50 bits per heavy atom. The molecule has 0 aliphatic rings. The zero-order valence-corrected chi connectivity index (χ0v) is 9.71. The number of hydrogen-bond donors (Lipinski definition) is 2. The lowest BCUT2D eigenvalue weighted by molar-refractivity contribution is -0.274. The summed E-state index contributed by atoms with van der Waals surface area (Å²) in [7, 11) is 0. The van der Waals surface area contributed by atoms with E-state index in [1.165, 1.54) is 12.1 Å². The number of nitrogen functional groups attached to an aromatic ring is 1. The Bertz CT molecular complexity index is 629. The highest BCUT2D eigenvalue weighted by atomic mass is 19.4. The monoisotopic (exact) mass is 293 g/mol. The fourth-order valence-corrected chi connectivity index (χ4v) is 1.68. The molecule has 0 aliphatic heterocycles. The summed E-state index contributed by atoms with van der Waals surface area (Å²) in [5.41, 5.74) is 1.11. The third-order valence-electron chi connectivity index (χ3n) is 2.43. The summed E-state index contributed by atoms with van der Waals surface area (Å²) in [5, 5.41) is 0.138. The Hall–Kier alpha value is -2.16. The molecule has 0 saturated heterocycles. The van der Waals surface area contributed by atoms with E-state index in [9.17, 15) is 22.0 Å². The Kier molecular flexibility index (Phi) is 3.62. The van der Waals surface area contributed by atoms with Crippen molar-refractivity contribution < 1.29 is 26.7 Å². The van der Waals surface area contributed by atoms with E-state index in [1.807, 2.05) is 0 Å². The van der Waals surface area contributed by atoms with Gasteiger partial charge >= 0.3 is 6.36 Å². The Morgan fingerprint density at radius 2 is 1.95 bits per heavy atom. The zero-order valence-electron chi connectivity index (χ0n) is 9.71. The minimum atomic E-state index is -4.95. The number of ether oxygens (including phenoxy) is 1. The molecule has 0 fully saturated rings.